The van der Waals surface area contributed by atoms with Crippen LogP contribution in [0.25, 0.3) is 0 Å². The Bertz CT molecular complexity index is 128. The van der Waals surface area contributed by atoms with Crippen molar-refractivity contribution in [3.63, 3.8) is 0 Å². The minimum Gasteiger partial charge on any atom is -0.438 e. The summed E-state index contributed by atoms with van der Waals surface area (Å²) in [5.41, 5.74) is 0. The zero-order chi connectivity index (χ0) is 8.10. The van der Waals surface area contributed by atoms with Gasteiger partial charge in [-0.1, -0.05) is 0 Å². The molecule has 0 radical (unpaired) electrons. The van der Waals surface area contributed by atoms with Gasteiger partial charge in [-0.05, 0) is 12.8 Å². The number of carbonyl (C=O) groups excluding carboxylic acids is 1. The normalized spacial score (nSPS) is 19.7. The van der Waals surface area contributed by atoms with E-state index in [2.05, 4.69) is 4.74 Å². The van der Waals surface area contributed by atoms with E-state index in [0.717, 1.165) is 0 Å². The first-order valence-corrected chi connectivity index (χ1v) is 3.70. The molecule has 0 aromatic rings. The molecule has 1 aliphatic rings. The van der Waals surface area contributed by atoms with E-state index in [1.807, 2.05) is 0 Å². The average Bonchev–Trinajstić information content (AvgIpc) is 2.07. The lowest BCUT2D eigenvalue weighted by Crippen LogP contribution is -2.25. The lowest BCUT2D eigenvalue weighted by atomic mass is 10.0. The van der Waals surface area contributed by atoms with Gasteiger partial charge in [-0.15, -0.1) is 0 Å². The summed E-state index contributed by atoms with van der Waals surface area (Å²) in [6.07, 6.45) is 1.41. The Morgan fingerprint density at radius 2 is 2.18 bits per heavy atom. The SMILES string of the molecule is O=C(OCO)C1CCOCC1. The van der Waals surface area contributed by atoms with E-state index in [1.54, 1.807) is 0 Å². The summed E-state index contributed by atoms with van der Waals surface area (Å²) in [7, 11) is 0. The zero-order valence-electron chi connectivity index (χ0n) is 6.28. The van der Waals surface area contributed by atoms with E-state index in [0.29, 0.717) is 26.1 Å². The second-order valence-electron chi connectivity index (χ2n) is 2.48. The molecule has 1 saturated heterocycles. The van der Waals surface area contributed by atoms with Crippen LogP contribution in [0, 0.1) is 5.92 Å². The lowest BCUT2D eigenvalue weighted by molar-refractivity contribution is -0.159. The third-order valence-corrected chi connectivity index (χ3v) is 1.76. The van der Waals surface area contributed by atoms with Gasteiger partial charge in [-0.2, -0.15) is 0 Å². The first-order valence-electron chi connectivity index (χ1n) is 3.70. The Hall–Kier alpha value is -0.610. The summed E-state index contributed by atoms with van der Waals surface area (Å²) in [5.74, 6) is -0.383. The number of carbonyl (C=O) groups is 1. The fraction of sp³-hybridized carbons (Fsp3) is 0.857. The largest absolute Gasteiger partial charge is 0.438 e. The molecule has 0 atom stereocenters. The van der Waals surface area contributed by atoms with Crippen LogP contribution in [0.15, 0.2) is 0 Å². The molecule has 0 bridgehead atoms. The molecule has 1 heterocycles. The molecule has 1 rings (SSSR count). The van der Waals surface area contributed by atoms with Gasteiger partial charge in [0.05, 0.1) is 5.92 Å². The molecule has 1 fully saturated rings. The third-order valence-electron chi connectivity index (χ3n) is 1.76. The van der Waals surface area contributed by atoms with Gasteiger partial charge < -0.3 is 14.6 Å². The highest BCUT2D eigenvalue weighted by atomic mass is 16.6. The summed E-state index contributed by atoms with van der Waals surface area (Å²) >= 11 is 0. The van der Waals surface area contributed by atoms with Gasteiger partial charge in [-0.3, -0.25) is 4.79 Å². The quantitative estimate of drug-likeness (QED) is 0.453. The zero-order valence-corrected chi connectivity index (χ0v) is 6.28. The number of aliphatic hydroxyl groups is 1. The molecule has 11 heavy (non-hydrogen) atoms. The van der Waals surface area contributed by atoms with E-state index in [9.17, 15) is 4.79 Å². The molecule has 1 aliphatic heterocycles. The monoisotopic (exact) mass is 160 g/mol. The number of hydrogen-bond acceptors (Lipinski definition) is 4. The first-order chi connectivity index (χ1) is 5.34. The second-order valence-corrected chi connectivity index (χ2v) is 2.48. The molecular formula is C7H12O4. The lowest BCUT2D eigenvalue weighted by Gasteiger charge is -2.19. The summed E-state index contributed by atoms with van der Waals surface area (Å²) < 4.78 is 9.50. The molecule has 0 unspecified atom stereocenters. The van der Waals surface area contributed by atoms with Gasteiger partial charge >= 0.3 is 5.97 Å². The third kappa shape index (κ3) is 2.48. The fourth-order valence-electron chi connectivity index (χ4n) is 1.11. The highest BCUT2D eigenvalue weighted by Gasteiger charge is 2.22. The van der Waals surface area contributed by atoms with Gasteiger partial charge in [-0.25, -0.2) is 0 Å². The molecule has 64 valence electrons. The van der Waals surface area contributed by atoms with E-state index >= 15 is 0 Å². The van der Waals surface area contributed by atoms with Crippen molar-refractivity contribution in [2.75, 3.05) is 20.0 Å². The van der Waals surface area contributed by atoms with E-state index < -0.39 is 6.79 Å². The van der Waals surface area contributed by atoms with Crippen LogP contribution in [0.1, 0.15) is 12.8 Å². The Balaban J connectivity index is 2.27. The van der Waals surface area contributed by atoms with Gasteiger partial charge in [0.15, 0.2) is 6.79 Å². The van der Waals surface area contributed by atoms with Crippen LogP contribution in [0.5, 0.6) is 0 Å². The van der Waals surface area contributed by atoms with Crippen molar-refractivity contribution in [1.82, 2.24) is 0 Å². The fourth-order valence-corrected chi connectivity index (χ4v) is 1.11. The van der Waals surface area contributed by atoms with Gasteiger partial charge in [0.1, 0.15) is 0 Å². The van der Waals surface area contributed by atoms with Crippen LogP contribution < -0.4 is 0 Å². The van der Waals surface area contributed by atoms with Crippen molar-refractivity contribution >= 4 is 5.97 Å². The van der Waals surface area contributed by atoms with Crippen molar-refractivity contribution in [3.8, 4) is 0 Å². The molecule has 4 heteroatoms. The molecule has 4 nitrogen and oxygen atoms in total. The molecule has 0 amide bonds. The standard InChI is InChI=1S/C7H12O4/c8-5-11-7(9)6-1-3-10-4-2-6/h6,8H,1-5H2. The topological polar surface area (TPSA) is 55.8 Å². The molecule has 0 saturated carbocycles. The van der Waals surface area contributed by atoms with Crippen molar-refractivity contribution in [2.24, 2.45) is 5.92 Å². The molecule has 0 spiro atoms. The number of esters is 1. The molecule has 0 aliphatic carbocycles. The van der Waals surface area contributed by atoms with Crippen LogP contribution >= 0.6 is 0 Å². The summed E-state index contributed by atoms with van der Waals surface area (Å²) in [4.78, 5) is 11.0. The smallest absolute Gasteiger partial charge is 0.311 e. The van der Waals surface area contributed by atoms with Crippen LogP contribution in [0.3, 0.4) is 0 Å². The van der Waals surface area contributed by atoms with Crippen molar-refractivity contribution in [1.29, 1.82) is 0 Å². The maximum atomic E-state index is 11.0. The van der Waals surface area contributed by atoms with Crippen molar-refractivity contribution in [2.45, 2.75) is 12.8 Å². The van der Waals surface area contributed by atoms with Crippen LogP contribution in [0.4, 0.5) is 0 Å². The maximum absolute atomic E-state index is 11.0. The summed E-state index contributed by atoms with van der Waals surface area (Å²) in [5, 5.41) is 8.29. The Labute approximate surface area is 65.1 Å². The molecule has 0 aromatic heterocycles. The van der Waals surface area contributed by atoms with E-state index in [4.69, 9.17) is 9.84 Å². The van der Waals surface area contributed by atoms with Crippen molar-refractivity contribution in [3.05, 3.63) is 0 Å². The number of aliphatic hydroxyl groups excluding tert-OH is 1. The Morgan fingerprint density at radius 1 is 1.55 bits per heavy atom. The van der Waals surface area contributed by atoms with Crippen molar-refractivity contribution < 1.29 is 19.4 Å². The van der Waals surface area contributed by atoms with Crippen LogP contribution in [0.2, 0.25) is 0 Å². The average molecular weight is 160 g/mol. The van der Waals surface area contributed by atoms with Gasteiger partial charge in [0, 0.05) is 13.2 Å². The second kappa shape index (κ2) is 4.31. The number of hydrogen-bond donors (Lipinski definition) is 1. The van der Waals surface area contributed by atoms with E-state index in [-0.39, 0.29) is 11.9 Å². The highest BCUT2D eigenvalue weighted by molar-refractivity contribution is 5.72. The number of ether oxygens (including phenoxy) is 2. The van der Waals surface area contributed by atoms with E-state index in [1.165, 1.54) is 0 Å². The van der Waals surface area contributed by atoms with Crippen LogP contribution in [-0.4, -0.2) is 31.1 Å². The molecular weight excluding hydrogens is 148 g/mol. The Morgan fingerprint density at radius 3 is 2.73 bits per heavy atom. The first kappa shape index (κ1) is 8.49. The highest BCUT2D eigenvalue weighted by Crippen LogP contribution is 2.15. The summed E-state index contributed by atoms with van der Waals surface area (Å²) in [6, 6.07) is 0. The van der Waals surface area contributed by atoms with Gasteiger partial charge in [0.25, 0.3) is 0 Å². The predicted molar refractivity (Wildman–Crippen MR) is 36.7 cm³/mol. The van der Waals surface area contributed by atoms with Crippen LogP contribution in [-0.2, 0) is 14.3 Å². The van der Waals surface area contributed by atoms with Gasteiger partial charge in [0.2, 0.25) is 0 Å². The minimum absolute atomic E-state index is 0.0732. The minimum atomic E-state index is -0.518. The summed E-state index contributed by atoms with van der Waals surface area (Å²) in [6.45, 7) is 0.715. The number of rotatable bonds is 2. The molecule has 0 aromatic carbocycles. The maximum Gasteiger partial charge on any atom is 0.311 e. The predicted octanol–water partition coefficient (Wildman–Crippen LogP) is -0.0940. The Kier molecular flexibility index (Phi) is 3.32. The molecule has 1 N–H and O–H groups in total.